The molecule has 2 aliphatic rings. The second kappa shape index (κ2) is 6.91. The zero-order valence-corrected chi connectivity index (χ0v) is 12.6. The first-order valence-corrected chi connectivity index (χ1v) is 8.12. The molecule has 1 heterocycles. The molecular weight excluding hydrogens is 220 g/mol. The van der Waals surface area contributed by atoms with E-state index in [-0.39, 0.29) is 0 Å². The van der Waals surface area contributed by atoms with Gasteiger partial charge in [-0.05, 0) is 51.1 Å². The van der Waals surface area contributed by atoms with E-state index in [1.165, 1.54) is 58.2 Å². The normalized spacial score (nSPS) is 28.3. The molecule has 1 aliphatic heterocycles. The summed E-state index contributed by atoms with van der Waals surface area (Å²) in [5.41, 5.74) is 0. The fraction of sp³-hybridized carbons (Fsp3) is 1.00. The van der Waals surface area contributed by atoms with Crippen LogP contribution in [-0.2, 0) is 0 Å². The van der Waals surface area contributed by atoms with E-state index in [1.807, 2.05) is 0 Å². The van der Waals surface area contributed by atoms with E-state index < -0.39 is 0 Å². The van der Waals surface area contributed by atoms with Crippen LogP contribution in [0.2, 0.25) is 0 Å². The predicted molar refractivity (Wildman–Crippen MR) is 78.9 cm³/mol. The Kier molecular flexibility index (Phi) is 5.50. The minimum absolute atomic E-state index is 0.632. The Morgan fingerprint density at radius 1 is 1.06 bits per heavy atom. The third kappa shape index (κ3) is 4.24. The molecule has 2 fully saturated rings. The molecule has 1 N–H and O–H groups in total. The molecule has 18 heavy (non-hydrogen) atoms. The minimum Gasteiger partial charge on any atom is -0.314 e. The van der Waals surface area contributed by atoms with Gasteiger partial charge in [0.15, 0.2) is 0 Å². The Morgan fingerprint density at radius 3 is 2.39 bits per heavy atom. The van der Waals surface area contributed by atoms with Crippen molar-refractivity contribution in [2.24, 2.45) is 11.8 Å². The third-order valence-corrected chi connectivity index (χ3v) is 4.89. The maximum atomic E-state index is 3.61. The molecule has 0 aromatic heterocycles. The summed E-state index contributed by atoms with van der Waals surface area (Å²) in [6.45, 7) is 10.8. The molecule has 0 aromatic carbocycles. The summed E-state index contributed by atoms with van der Waals surface area (Å²) in [4.78, 5) is 2.76. The number of hydrogen-bond donors (Lipinski definition) is 1. The van der Waals surface area contributed by atoms with Crippen molar-refractivity contribution in [3.63, 3.8) is 0 Å². The summed E-state index contributed by atoms with van der Waals surface area (Å²) in [6.07, 6.45) is 8.75. The number of hydrogen-bond acceptors (Lipinski definition) is 2. The summed E-state index contributed by atoms with van der Waals surface area (Å²) in [5, 5.41) is 3.61. The first-order chi connectivity index (χ1) is 8.65. The van der Waals surface area contributed by atoms with Crippen molar-refractivity contribution in [3.8, 4) is 0 Å². The average Bonchev–Trinajstić information content (AvgIpc) is 2.31. The molecule has 2 heteroatoms. The number of nitrogens with one attached hydrogen (secondary N) is 1. The van der Waals surface area contributed by atoms with Crippen LogP contribution in [0.3, 0.4) is 0 Å². The van der Waals surface area contributed by atoms with Gasteiger partial charge in [0.2, 0.25) is 0 Å². The van der Waals surface area contributed by atoms with E-state index in [2.05, 4.69) is 31.0 Å². The summed E-state index contributed by atoms with van der Waals surface area (Å²) in [5.74, 6) is 1.93. The highest BCUT2D eigenvalue weighted by molar-refractivity contribution is 4.82. The van der Waals surface area contributed by atoms with Crippen LogP contribution in [-0.4, -0.2) is 36.6 Å². The van der Waals surface area contributed by atoms with Crippen molar-refractivity contribution in [3.05, 3.63) is 0 Å². The average molecular weight is 252 g/mol. The quantitative estimate of drug-likeness (QED) is 0.780. The highest BCUT2D eigenvalue weighted by atomic mass is 15.2. The molecule has 0 radical (unpaired) electrons. The number of rotatable bonds is 6. The topological polar surface area (TPSA) is 15.3 Å². The molecule has 2 nitrogen and oxygen atoms in total. The Hall–Kier alpha value is -0.0800. The summed E-state index contributed by atoms with van der Waals surface area (Å²) in [7, 11) is 0. The smallest absolute Gasteiger partial charge is 0.00696 e. The minimum atomic E-state index is 0.632. The molecule has 0 aromatic rings. The van der Waals surface area contributed by atoms with Gasteiger partial charge in [-0.25, -0.2) is 0 Å². The van der Waals surface area contributed by atoms with Crippen LogP contribution in [0.15, 0.2) is 0 Å². The lowest BCUT2D eigenvalue weighted by molar-refractivity contribution is 0.102. The highest BCUT2D eigenvalue weighted by Crippen LogP contribution is 2.32. The fourth-order valence-electron chi connectivity index (χ4n) is 3.43. The summed E-state index contributed by atoms with van der Waals surface area (Å²) in [6, 6.07) is 1.45. The molecule has 1 saturated carbocycles. The number of piperidine rings is 1. The van der Waals surface area contributed by atoms with Crippen LogP contribution < -0.4 is 5.32 Å². The molecular formula is C16H32N2. The molecule has 1 aliphatic carbocycles. The monoisotopic (exact) mass is 252 g/mol. The van der Waals surface area contributed by atoms with Crippen LogP contribution in [0.4, 0.5) is 0 Å². The molecule has 2 rings (SSSR count). The van der Waals surface area contributed by atoms with Gasteiger partial charge in [-0.1, -0.05) is 33.1 Å². The van der Waals surface area contributed by atoms with Gasteiger partial charge in [-0.2, -0.15) is 0 Å². The standard InChI is InChI=1S/C16H32N2/c1-13(2)17-11-16-8-5-9-18(12-16)14(3)10-15-6-4-7-15/h13-17H,4-12H2,1-3H3. The van der Waals surface area contributed by atoms with E-state index in [9.17, 15) is 0 Å². The summed E-state index contributed by atoms with van der Waals surface area (Å²) < 4.78 is 0. The van der Waals surface area contributed by atoms with Gasteiger partial charge < -0.3 is 10.2 Å². The molecule has 2 atom stereocenters. The molecule has 2 unspecified atom stereocenters. The molecule has 0 spiro atoms. The summed E-state index contributed by atoms with van der Waals surface area (Å²) >= 11 is 0. The molecule has 1 saturated heterocycles. The van der Waals surface area contributed by atoms with Crippen molar-refractivity contribution in [2.75, 3.05) is 19.6 Å². The van der Waals surface area contributed by atoms with E-state index in [1.54, 1.807) is 0 Å². The largest absolute Gasteiger partial charge is 0.314 e. The number of nitrogens with zero attached hydrogens (tertiary/aromatic N) is 1. The van der Waals surface area contributed by atoms with Crippen molar-refractivity contribution in [2.45, 2.75) is 71.4 Å². The third-order valence-electron chi connectivity index (χ3n) is 4.89. The molecule has 0 bridgehead atoms. The molecule has 106 valence electrons. The van der Waals surface area contributed by atoms with Crippen LogP contribution in [0.1, 0.15) is 59.3 Å². The van der Waals surface area contributed by atoms with Gasteiger partial charge in [0, 0.05) is 18.6 Å². The van der Waals surface area contributed by atoms with Gasteiger partial charge in [-0.3, -0.25) is 0 Å². The lowest BCUT2D eigenvalue weighted by atomic mass is 9.80. The van der Waals surface area contributed by atoms with Gasteiger partial charge in [-0.15, -0.1) is 0 Å². The van der Waals surface area contributed by atoms with E-state index in [0.717, 1.165) is 17.9 Å². The Bertz CT molecular complexity index is 235. The lowest BCUT2D eigenvalue weighted by Crippen LogP contribution is -2.45. The maximum absolute atomic E-state index is 3.61. The second-order valence-electron chi connectivity index (χ2n) is 6.95. The van der Waals surface area contributed by atoms with Crippen molar-refractivity contribution in [1.29, 1.82) is 0 Å². The first kappa shape index (κ1) is 14.3. The predicted octanol–water partition coefficient (Wildman–Crippen LogP) is 3.28. The van der Waals surface area contributed by atoms with E-state index in [4.69, 9.17) is 0 Å². The maximum Gasteiger partial charge on any atom is 0.00696 e. The van der Waals surface area contributed by atoms with Crippen LogP contribution in [0.25, 0.3) is 0 Å². The van der Waals surface area contributed by atoms with Crippen LogP contribution >= 0.6 is 0 Å². The lowest BCUT2D eigenvalue weighted by Gasteiger charge is -2.39. The number of likely N-dealkylation sites (tertiary alicyclic amines) is 1. The molecule has 0 amide bonds. The second-order valence-corrected chi connectivity index (χ2v) is 6.95. The van der Waals surface area contributed by atoms with Gasteiger partial charge >= 0.3 is 0 Å². The fourth-order valence-corrected chi connectivity index (χ4v) is 3.43. The van der Waals surface area contributed by atoms with E-state index >= 15 is 0 Å². The zero-order valence-electron chi connectivity index (χ0n) is 12.6. The SMILES string of the molecule is CC(C)NCC1CCCN(C(C)CC2CCC2)C1. The zero-order chi connectivity index (χ0) is 13.0. The Balaban J connectivity index is 1.71. The Labute approximate surface area is 114 Å². The van der Waals surface area contributed by atoms with E-state index in [0.29, 0.717) is 6.04 Å². The van der Waals surface area contributed by atoms with Gasteiger partial charge in [0.05, 0.1) is 0 Å². The van der Waals surface area contributed by atoms with Crippen LogP contribution in [0.5, 0.6) is 0 Å². The van der Waals surface area contributed by atoms with Crippen molar-refractivity contribution < 1.29 is 0 Å². The Morgan fingerprint density at radius 2 is 1.78 bits per heavy atom. The van der Waals surface area contributed by atoms with Crippen molar-refractivity contribution in [1.82, 2.24) is 10.2 Å². The first-order valence-electron chi connectivity index (χ1n) is 8.12. The highest BCUT2D eigenvalue weighted by Gasteiger charge is 2.27. The van der Waals surface area contributed by atoms with Crippen LogP contribution in [0, 0.1) is 11.8 Å². The van der Waals surface area contributed by atoms with Crippen molar-refractivity contribution >= 4 is 0 Å². The van der Waals surface area contributed by atoms with Gasteiger partial charge in [0.1, 0.15) is 0 Å². The van der Waals surface area contributed by atoms with Gasteiger partial charge in [0.25, 0.3) is 0 Å².